The molecular weight excluding hydrogens is 425 g/mol. The summed E-state index contributed by atoms with van der Waals surface area (Å²) in [6.45, 7) is 6.07. The Morgan fingerprint density at radius 3 is 2.70 bits per heavy atom. The molecule has 9 heteroatoms. The quantitative estimate of drug-likeness (QED) is 0.644. The van der Waals surface area contributed by atoms with Crippen molar-refractivity contribution >= 4 is 34.8 Å². The van der Waals surface area contributed by atoms with E-state index in [-0.39, 0.29) is 11.5 Å². The highest BCUT2D eigenvalue weighted by molar-refractivity contribution is 6.43. The number of aryl methyl sites for hydroxylation is 1. The molecule has 2 atom stereocenters. The second-order valence-corrected chi connectivity index (χ2v) is 9.09. The van der Waals surface area contributed by atoms with Crippen LogP contribution in [0.25, 0.3) is 16.8 Å². The summed E-state index contributed by atoms with van der Waals surface area (Å²) in [4.78, 5) is 7.14. The number of halogens is 2. The summed E-state index contributed by atoms with van der Waals surface area (Å²) in [5.74, 6) is 0.797. The van der Waals surface area contributed by atoms with E-state index in [4.69, 9.17) is 32.9 Å². The highest BCUT2D eigenvalue weighted by Gasteiger charge is 2.49. The first kappa shape index (κ1) is 20.0. The van der Waals surface area contributed by atoms with Gasteiger partial charge in [0.2, 0.25) is 5.95 Å². The van der Waals surface area contributed by atoms with E-state index in [2.05, 4.69) is 15.1 Å². The third-order valence-corrected chi connectivity index (χ3v) is 7.40. The van der Waals surface area contributed by atoms with Gasteiger partial charge in [-0.15, -0.1) is 10.2 Å². The van der Waals surface area contributed by atoms with Gasteiger partial charge in [0, 0.05) is 29.6 Å². The third-order valence-electron chi connectivity index (χ3n) is 6.59. The summed E-state index contributed by atoms with van der Waals surface area (Å²) >= 11 is 12.7. The maximum atomic E-state index is 10.6. The van der Waals surface area contributed by atoms with Crippen LogP contribution in [0.15, 0.2) is 24.5 Å². The van der Waals surface area contributed by atoms with Gasteiger partial charge in [-0.05, 0) is 32.8 Å². The first-order chi connectivity index (χ1) is 14.4. The summed E-state index contributed by atoms with van der Waals surface area (Å²) in [7, 11) is 0. The van der Waals surface area contributed by atoms with Crippen LogP contribution in [0.1, 0.15) is 25.5 Å². The smallest absolute Gasteiger partial charge is 0.212 e. The SMILES string of the molecule is Cc1nc(N2CCC3(CC2)CO[C@@H](C)[C@H]3O)n2cnnc2c1-c1cccc(Cl)c1Cl. The minimum absolute atomic E-state index is 0.108. The fraction of sp³-hybridized carbons (Fsp3) is 0.476. The van der Waals surface area contributed by atoms with Gasteiger partial charge in [-0.25, -0.2) is 4.98 Å². The van der Waals surface area contributed by atoms with Crippen LogP contribution in [-0.2, 0) is 4.74 Å². The van der Waals surface area contributed by atoms with Gasteiger partial charge in [-0.3, -0.25) is 4.40 Å². The molecule has 0 aliphatic carbocycles. The molecule has 2 aliphatic heterocycles. The monoisotopic (exact) mass is 447 g/mol. The zero-order valence-corrected chi connectivity index (χ0v) is 18.4. The van der Waals surface area contributed by atoms with Crippen LogP contribution in [0.2, 0.25) is 10.0 Å². The molecule has 2 aliphatic rings. The van der Waals surface area contributed by atoms with Crippen LogP contribution in [0.5, 0.6) is 0 Å². The zero-order valence-electron chi connectivity index (χ0n) is 16.8. The summed E-state index contributed by atoms with van der Waals surface area (Å²) in [5.41, 5.74) is 2.96. The summed E-state index contributed by atoms with van der Waals surface area (Å²) in [6, 6.07) is 5.54. The van der Waals surface area contributed by atoms with Gasteiger partial charge in [0.25, 0.3) is 0 Å². The van der Waals surface area contributed by atoms with Gasteiger partial charge in [0.05, 0.1) is 34.6 Å². The van der Waals surface area contributed by atoms with E-state index in [1.54, 1.807) is 12.4 Å². The molecule has 4 heterocycles. The second kappa shape index (κ2) is 7.34. The molecule has 7 nitrogen and oxygen atoms in total. The maximum absolute atomic E-state index is 10.6. The Bertz CT molecular complexity index is 1110. The third kappa shape index (κ3) is 2.99. The maximum Gasteiger partial charge on any atom is 0.212 e. The van der Waals surface area contributed by atoms with Crippen molar-refractivity contribution in [2.24, 2.45) is 5.41 Å². The number of aromatic nitrogens is 4. The van der Waals surface area contributed by atoms with Gasteiger partial charge >= 0.3 is 0 Å². The van der Waals surface area contributed by atoms with E-state index < -0.39 is 6.10 Å². The Labute approximate surface area is 184 Å². The molecule has 1 N–H and O–H groups in total. The van der Waals surface area contributed by atoms with Crippen molar-refractivity contribution in [3.05, 3.63) is 40.3 Å². The van der Waals surface area contributed by atoms with E-state index in [0.29, 0.717) is 22.3 Å². The van der Waals surface area contributed by atoms with Crippen LogP contribution >= 0.6 is 23.2 Å². The van der Waals surface area contributed by atoms with E-state index in [9.17, 15) is 5.11 Å². The topological polar surface area (TPSA) is 75.8 Å². The molecular formula is C21H23Cl2N5O2. The lowest BCUT2D eigenvalue weighted by Crippen LogP contribution is -2.47. The molecule has 3 aromatic rings. The Morgan fingerprint density at radius 1 is 1.23 bits per heavy atom. The van der Waals surface area contributed by atoms with Crippen LogP contribution in [0.3, 0.4) is 0 Å². The molecule has 158 valence electrons. The number of aliphatic hydroxyl groups is 1. The predicted molar refractivity (Wildman–Crippen MR) is 116 cm³/mol. The van der Waals surface area contributed by atoms with Crippen LogP contribution < -0.4 is 4.90 Å². The highest BCUT2D eigenvalue weighted by atomic mass is 35.5. The largest absolute Gasteiger partial charge is 0.390 e. The fourth-order valence-corrected chi connectivity index (χ4v) is 5.17. The first-order valence-electron chi connectivity index (χ1n) is 10.1. The molecule has 2 aromatic heterocycles. The molecule has 1 aromatic carbocycles. The van der Waals surface area contributed by atoms with Crippen molar-refractivity contribution in [3.63, 3.8) is 0 Å². The number of anilines is 1. The Morgan fingerprint density at radius 2 is 2.00 bits per heavy atom. The molecule has 1 spiro atoms. The summed E-state index contributed by atoms with van der Waals surface area (Å²) < 4.78 is 7.63. The average molecular weight is 448 g/mol. The van der Waals surface area contributed by atoms with Crippen LogP contribution in [0, 0.1) is 12.3 Å². The van der Waals surface area contributed by atoms with Gasteiger partial charge in [-0.2, -0.15) is 0 Å². The number of nitrogens with zero attached hydrogens (tertiary/aromatic N) is 5. The van der Waals surface area contributed by atoms with Gasteiger partial charge in [0.1, 0.15) is 6.33 Å². The van der Waals surface area contributed by atoms with Crippen molar-refractivity contribution in [3.8, 4) is 11.1 Å². The molecule has 0 unspecified atom stereocenters. The lowest BCUT2D eigenvalue weighted by Gasteiger charge is -2.41. The number of ether oxygens (including phenoxy) is 1. The lowest BCUT2D eigenvalue weighted by molar-refractivity contribution is 0.0249. The minimum Gasteiger partial charge on any atom is -0.390 e. The van der Waals surface area contributed by atoms with Crippen LogP contribution in [-0.4, -0.2) is 56.6 Å². The molecule has 5 rings (SSSR count). The molecule has 2 fully saturated rings. The van der Waals surface area contributed by atoms with Crippen molar-refractivity contribution in [2.75, 3.05) is 24.6 Å². The normalized spacial score (nSPS) is 23.6. The Kier molecular flexibility index (Phi) is 4.89. The molecule has 0 bridgehead atoms. The van der Waals surface area contributed by atoms with Gasteiger partial charge < -0.3 is 14.7 Å². The molecule has 30 heavy (non-hydrogen) atoms. The number of aliphatic hydroxyl groups excluding tert-OH is 1. The number of hydrogen-bond donors (Lipinski definition) is 1. The zero-order chi connectivity index (χ0) is 21.0. The molecule has 0 saturated carbocycles. The number of piperidine rings is 1. The summed E-state index contributed by atoms with van der Waals surface area (Å²) in [6.07, 6.45) is 2.86. The number of rotatable bonds is 2. The highest BCUT2D eigenvalue weighted by Crippen LogP contribution is 2.43. The number of fused-ring (bicyclic) bond motifs is 1. The van der Waals surface area contributed by atoms with Gasteiger partial charge in [0.15, 0.2) is 5.65 Å². The lowest BCUT2D eigenvalue weighted by atomic mass is 9.75. The van der Waals surface area contributed by atoms with E-state index >= 15 is 0 Å². The van der Waals surface area contributed by atoms with Crippen molar-refractivity contribution < 1.29 is 9.84 Å². The fourth-order valence-electron chi connectivity index (χ4n) is 4.77. The Balaban J connectivity index is 1.52. The van der Waals surface area contributed by atoms with E-state index in [1.807, 2.05) is 30.4 Å². The summed E-state index contributed by atoms with van der Waals surface area (Å²) in [5, 5.41) is 20.1. The molecule has 2 saturated heterocycles. The molecule has 0 radical (unpaired) electrons. The standard InChI is InChI=1S/C21H23Cl2N5O2/c1-12-16(14-4-3-5-15(22)17(14)23)19-26-24-11-28(19)20(25-12)27-8-6-21(7-9-27)10-30-13(2)18(21)29/h3-5,11,13,18,29H,6-10H2,1-2H3/t13-,18+/m0/s1. The van der Waals surface area contributed by atoms with Crippen molar-refractivity contribution in [1.29, 1.82) is 0 Å². The molecule has 0 amide bonds. The Hall–Kier alpha value is -1.93. The van der Waals surface area contributed by atoms with Crippen molar-refractivity contribution in [2.45, 2.75) is 38.9 Å². The minimum atomic E-state index is -0.420. The van der Waals surface area contributed by atoms with Crippen LogP contribution in [0.4, 0.5) is 5.95 Å². The van der Waals surface area contributed by atoms with E-state index in [1.165, 1.54) is 0 Å². The number of hydrogen-bond acceptors (Lipinski definition) is 6. The number of benzene rings is 1. The second-order valence-electron chi connectivity index (χ2n) is 8.31. The van der Waals surface area contributed by atoms with Crippen molar-refractivity contribution in [1.82, 2.24) is 19.6 Å². The van der Waals surface area contributed by atoms with Gasteiger partial charge in [-0.1, -0.05) is 35.3 Å². The average Bonchev–Trinajstić information content (AvgIpc) is 3.32. The van der Waals surface area contributed by atoms with E-state index in [0.717, 1.165) is 48.7 Å². The predicted octanol–water partition coefficient (Wildman–Crippen LogP) is 3.77. The first-order valence-corrected chi connectivity index (χ1v) is 10.9.